The first-order valence-electron chi connectivity index (χ1n) is 8.14. The number of nitrogens with zero attached hydrogens (tertiary/aromatic N) is 2. The maximum atomic E-state index is 9.18. The Morgan fingerprint density at radius 1 is 0.960 bits per heavy atom. The second kappa shape index (κ2) is 5.04. The van der Waals surface area contributed by atoms with E-state index in [2.05, 4.69) is 23.2 Å². The predicted molar refractivity (Wildman–Crippen MR) is 97.7 cm³/mol. The van der Waals surface area contributed by atoms with Crippen LogP contribution in [-0.4, -0.2) is 9.97 Å². The molecule has 5 rings (SSSR count). The lowest BCUT2D eigenvalue weighted by molar-refractivity contribution is 0.900. The molecule has 1 atom stereocenters. The number of hydrogen-bond donors (Lipinski definition) is 2. The van der Waals surface area contributed by atoms with Crippen LogP contribution in [0.3, 0.4) is 0 Å². The van der Waals surface area contributed by atoms with Gasteiger partial charge in [0.25, 0.3) is 0 Å². The first-order valence-corrected chi connectivity index (χ1v) is 8.14. The largest absolute Gasteiger partial charge is 0.338 e. The monoisotopic (exact) mass is 322 g/mol. The quantitative estimate of drug-likeness (QED) is 0.553. The Morgan fingerprint density at radius 2 is 1.84 bits per heavy atom. The number of fused-ring (bicyclic) bond motifs is 4. The first-order chi connectivity index (χ1) is 12.3. The van der Waals surface area contributed by atoms with Crippen molar-refractivity contribution in [3.8, 4) is 28.6 Å². The number of aromatic amines is 1. The number of rotatable bonds is 1. The van der Waals surface area contributed by atoms with Crippen LogP contribution >= 0.6 is 0 Å². The molecular formula is C21H14N4. The summed E-state index contributed by atoms with van der Waals surface area (Å²) in [7, 11) is 0. The van der Waals surface area contributed by atoms with E-state index in [-0.39, 0.29) is 6.04 Å². The summed E-state index contributed by atoms with van der Waals surface area (Å²) >= 11 is 0. The average Bonchev–Trinajstić information content (AvgIpc) is 3.21. The molecule has 1 aromatic heterocycles. The topological polar surface area (TPSA) is 78.5 Å². The third kappa shape index (κ3) is 1.94. The van der Waals surface area contributed by atoms with Crippen molar-refractivity contribution in [3.05, 3.63) is 77.4 Å². The molecule has 0 fully saturated rings. The highest BCUT2D eigenvalue weighted by Gasteiger charge is 2.29. The van der Waals surface area contributed by atoms with E-state index in [0.29, 0.717) is 5.56 Å². The Morgan fingerprint density at radius 3 is 2.68 bits per heavy atom. The Bertz CT molecular complexity index is 1150. The van der Waals surface area contributed by atoms with Gasteiger partial charge >= 0.3 is 0 Å². The van der Waals surface area contributed by atoms with E-state index >= 15 is 0 Å². The zero-order valence-corrected chi connectivity index (χ0v) is 13.3. The van der Waals surface area contributed by atoms with Crippen LogP contribution in [0, 0.1) is 11.3 Å². The summed E-state index contributed by atoms with van der Waals surface area (Å²) in [6.45, 7) is 0. The number of nitrogens with two attached hydrogens (primary N) is 1. The smallest absolute Gasteiger partial charge is 0.139 e. The van der Waals surface area contributed by atoms with Gasteiger partial charge in [-0.05, 0) is 46.5 Å². The third-order valence-corrected chi connectivity index (χ3v) is 4.86. The van der Waals surface area contributed by atoms with Crippen molar-refractivity contribution in [2.24, 2.45) is 5.73 Å². The van der Waals surface area contributed by atoms with E-state index in [4.69, 9.17) is 10.7 Å². The van der Waals surface area contributed by atoms with Gasteiger partial charge in [-0.3, -0.25) is 0 Å². The molecule has 1 unspecified atom stereocenters. The molecule has 0 bridgehead atoms. The first kappa shape index (κ1) is 14.0. The molecule has 4 aromatic rings. The summed E-state index contributed by atoms with van der Waals surface area (Å²) in [5.41, 5.74) is 14.3. The molecule has 25 heavy (non-hydrogen) atoms. The third-order valence-electron chi connectivity index (χ3n) is 4.86. The van der Waals surface area contributed by atoms with Crippen molar-refractivity contribution in [1.82, 2.24) is 9.97 Å². The average molecular weight is 322 g/mol. The minimum atomic E-state index is -0.220. The van der Waals surface area contributed by atoms with Gasteiger partial charge in [-0.1, -0.05) is 36.4 Å². The summed E-state index contributed by atoms with van der Waals surface area (Å²) in [6, 6.07) is 21.8. The van der Waals surface area contributed by atoms with E-state index in [1.54, 1.807) is 0 Å². The minimum Gasteiger partial charge on any atom is -0.338 e. The molecule has 0 amide bonds. The Balaban J connectivity index is 1.78. The lowest BCUT2D eigenvalue weighted by Crippen LogP contribution is -2.08. The van der Waals surface area contributed by atoms with Gasteiger partial charge in [0.2, 0.25) is 0 Å². The number of benzene rings is 3. The van der Waals surface area contributed by atoms with Gasteiger partial charge < -0.3 is 10.7 Å². The molecule has 0 spiro atoms. The minimum absolute atomic E-state index is 0.220. The number of nitrogens with one attached hydrogen (secondary N) is 1. The van der Waals surface area contributed by atoms with Gasteiger partial charge in [0, 0.05) is 5.56 Å². The zero-order valence-electron chi connectivity index (χ0n) is 13.3. The summed E-state index contributed by atoms with van der Waals surface area (Å²) in [5, 5.41) is 9.18. The van der Waals surface area contributed by atoms with Crippen LogP contribution < -0.4 is 5.73 Å². The maximum Gasteiger partial charge on any atom is 0.139 e. The predicted octanol–water partition coefficient (Wildman–Crippen LogP) is 4.13. The van der Waals surface area contributed by atoms with Crippen LogP contribution in [0.2, 0.25) is 0 Å². The van der Waals surface area contributed by atoms with E-state index in [9.17, 15) is 5.26 Å². The van der Waals surface area contributed by atoms with Gasteiger partial charge in [0.15, 0.2) is 0 Å². The van der Waals surface area contributed by atoms with E-state index in [0.717, 1.165) is 44.7 Å². The Hall–Kier alpha value is -3.42. The lowest BCUT2D eigenvalue weighted by atomic mass is 9.98. The maximum absolute atomic E-state index is 9.18. The van der Waals surface area contributed by atoms with Crippen LogP contribution in [0.25, 0.3) is 33.5 Å². The molecule has 3 N–H and O–H groups in total. The van der Waals surface area contributed by atoms with Crippen LogP contribution in [-0.2, 0) is 0 Å². The summed E-state index contributed by atoms with van der Waals surface area (Å²) in [5.74, 6) is 0.836. The molecule has 3 aromatic carbocycles. The van der Waals surface area contributed by atoms with Crippen molar-refractivity contribution in [3.63, 3.8) is 0 Å². The highest BCUT2D eigenvalue weighted by molar-refractivity contribution is 5.91. The molecule has 0 aliphatic heterocycles. The fraction of sp³-hybridized carbons (Fsp3) is 0.0476. The van der Waals surface area contributed by atoms with Crippen molar-refractivity contribution in [2.45, 2.75) is 6.04 Å². The van der Waals surface area contributed by atoms with Gasteiger partial charge in [-0.15, -0.1) is 0 Å². The molecular weight excluding hydrogens is 308 g/mol. The molecule has 118 valence electrons. The van der Waals surface area contributed by atoms with Crippen molar-refractivity contribution in [1.29, 1.82) is 5.26 Å². The SMILES string of the molecule is N#Cc1ccc2c(c1)C(N)c1cccc(-c3nc4ccccc4[nH]3)c1-2. The number of imidazole rings is 1. The molecule has 0 radical (unpaired) electrons. The van der Waals surface area contributed by atoms with Crippen molar-refractivity contribution in [2.75, 3.05) is 0 Å². The number of hydrogen-bond acceptors (Lipinski definition) is 3. The van der Waals surface area contributed by atoms with Crippen LogP contribution in [0.15, 0.2) is 60.7 Å². The standard InChI is InChI=1S/C21H14N4/c22-11-12-8-9-13-16(10-12)20(23)14-4-3-5-15(19(13)14)21-24-17-6-1-2-7-18(17)25-21/h1-10,20H,23H2,(H,24,25). The summed E-state index contributed by atoms with van der Waals surface area (Å²) < 4.78 is 0. The van der Waals surface area contributed by atoms with Crippen LogP contribution in [0.1, 0.15) is 22.7 Å². The number of aromatic nitrogens is 2. The molecule has 1 aliphatic rings. The van der Waals surface area contributed by atoms with E-state index in [1.807, 2.05) is 48.5 Å². The fourth-order valence-electron chi connectivity index (χ4n) is 3.69. The highest BCUT2D eigenvalue weighted by Crippen LogP contribution is 2.46. The van der Waals surface area contributed by atoms with Gasteiger partial charge in [0.05, 0.1) is 28.7 Å². The lowest BCUT2D eigenvalue weighted by Gasteiger charge is -2.08. The zero-order chi connectivity index (χ0) is 17.0. The fourth-order valence-corrected chi connectivity index (χ4v) is 3.69. The summed E-state index contributed by atoms with van der Waals surface area (Å²) in [6.07, 6.45) is 0. The Labute approximate surface area is 144 Å². The number of H-pyrrole nitrogens is 1. The van der Waals surface area contributed by atoms with Gasteiger partial charge in [-0.2, -0.15) is 5.26 Å². The molecule has 0 saturated carbocycles. The molecule has 1 aliphatic carbocycles. The Kier molecular flexibility index (Phi) is 2.81. The molecule has 4 heteroatoms. The summed E-state index contributed by atoms with van der Waals surface area (Å²) in [4.78, 5) is 8.15. The van der Waals surface area contributed by atoms with Gasteiger partial charge in [-0.25, -0.2) is 4.98 Å². The molecule has 1 heterocycles. The van der Waals surface area contributed by atoms with Crippen molar-refractivity contribution >= 4 is 11.0 Å². The number of para-hydroxylation sites is 2. The van der Waals surface area contributed by atoms with E-state index in [1.165, 1.54) is 0 Å². The molecule has 4 nitrogen and oxygen atoms in total. The number of nitriles is 1. The van der Waals surface area contributed by atoms with Crippen LogP contribution in [0.4, 0.5) is 0 Å². The highest BCUT2D eigenvalue weighted by atomic mass is 14.9. The van der Waals surface area contributed by atoms with E-state index < -0.39 is 0 Å². The normalized spacial score (nSPS) is 15.0. The van der Waals surface area contributed by atoms with Gasteiger partial charge in [0.1, 0.15) is 5.82 Å². The van der Waals surface area contributed by atoms with Crippen LogP contribution in [0.5, 0.6) is 0 Å². The second-order valence-electron chi connectivity index (χ2n) is 6.26. The second-order valence-corrected chi connectivity index (χ2v) is 6.26. The molecule has 0 saturated heterocycles. The van der Waals surface area contributed by atoms with Crippen molar-refractivity contribution < 1.29 is 0 Å².